The van der Waals surface area contributed by atoms with Gasteiger partial charge in [0.25, 0.3) is 0 Å². The number of hydrazine groups is 1. The van der Waals surface area contributed by atoms with Crippen LogP contribution in [-0.2, 0) is 14.1 Å². The van der Waals surface area contributed by atoms with E-state index in [0.29, 0.717) is 5.82 Å². The standard InChI is InChI=1S/C9H15N7/c1-15-7(3-4-12-15)8(14-11)6-5-13-16(2)9(6)10/h3-5,8,14H,10-11H2,1-2H3. The van der Waals surface area contributed by atoms with Crippen LogP contribution < -0.4 is 17.0 Å². The van der Waals surface area contributed by atoms with Crippen molar-refractivity contribution in [3.8, 4) is 0 Å². The van der Waals surface area contributed by atoms with Crippen molar-refractivity contribution >= 4 is 5.82 Å². The number of hydrogen-bond donors (Lipinski definition) is 3. The zero-order valence-corrected chi connectivity index (χ0v) is 9.25. The van der Waals surface area contributed by atoms with Crippen molar-refractivity contribution in [1.82, 2.24) is 25.0 Å². The number of anilines is 1. The van der Waals surface area contributed by atoms with E-state index >= 15 is 0 Å². The molecule has 2 aromatic heterocycles. The average Bonchev–Trinajstić information content (AvgIpc) is 2.81. The molecule has 2 heterocycles. The molecule has 0 amide bonds. The highest BCUT2D eigenvalue weighted by Gasteiger charge is 2.20. The van der Waals surface area contributed by atoms with Crippen LogP contribution in [0.3, 0.4) is 0 Å². The van der Waals surface area contributed by atoms with Crippen molar-refractivity contribution in [1.29, 1.82) is 0 Å². The van der Waals surface area contributed by atoms with E-state index < -0.39 is 0 Å². The Kier molecular flexibility index (Phi) is 2.63. The van der Waals surface area contributed by atoms with Gasteiger partial charge in [-0.1, -0.05) is 0 Å². The molecule has 0 fully saturated rings. The third-order valence-electron chi connectivity index (χ3n) is 2.65. The fourth-order valence-corrected chi connectivity index (χ4v) is 1.69. The topological polar surface area (TPSA) is 99.7 Å². The predicted molar refractivity (Wildman–Crippen MR) is 60.0 cm³/mol. The van der Waals surface area contributed by atoms with E-state index in [1.54, 1.807) is 28.8 Å². The van der Waals surface area contributed by atoms with Crippen LogP contribution in [0.15, 0.2) is 18.5 Å². The first-order valence-electron chi connectivity index (χ1n) is 4.86. The van der Waals surface area contributed by atoms with Crippen LogP contribution in [0.25, 0.3) is 0 Å². The number of aromatic nitrogens is 4. The Labute approximate surface area is 93.0 Å². The van der Waals surface area contributed by atoms with Crippen molar-refractivity contribution < 1.29 is 0 Å². The predicted octanol–water partition coefficient (Wildman–Crippen LogP) is -0.711. The van der Waals surface area contributed by atoms with Crippen LogP contribution in [-0.4, -0.2) is 19.6 Å². The Bertz CT molecular complexity index is 484. The minimum Gasteiger partial charge on any atom is -0.384 e. The molecule has 2 aromatic rings. The number of aryl methyl sites for hydroxylation is 2. The van der Waals surface area contributed by atoms with Crippen LogP contribution in [0.2, 0.25) is 0 Å². The molecule has 7 heteroatoms. The molecular formula is C9H15N7. The molecule has 16 heavy (non-hydrogen) atoms. The molecule has 0 aliphatic heterocycles. The largest absolute Gasteiger partial charge is 0.384 e. The maximum atomic E-state index is 5.91. The summed E-state index contributed by atoms with van der Waals surface area (Å²) >= 11 is 0. The zero-order chi connectivity index (χ0) is 11.7. The van der Waals surface area contributed by atoms with Crippen molar-refractivity contribution in [2.75, 3.05) is 5.73 Å². The quantitative estimate of drug-likeness (QED) is 0.469. The first-order valence-corrected chi connectivity index (χ1v) is 4.86. The number of rotatable bonds is 3. The third-order valence-corrected chi connectivity index (χ3v) is 2.65. The molecule has 2 rings (SSSR count). The molecule has 1 atom stereocenters. The lowest BCUT2D eigenvalue weighted by atomic mass is 10.1. The minimum absolute atomic E-state index is 0.207. The molecule has 1 unspecified atom stereocenters. The Morgan fingerprint density at radius 3 is 2.50 bits per heavy atom. The zero-order valence-electron chi connectivity index (χ0n) is 9.25. The van der Waals surface area contributed by atoms with E-state index in [2.05, 4.69) is 15.6 Å². The monoisotopic (exact) mass is 221 g/mol. The minimum atomic E-state index is -0.207. The number of nitrogens with zero attached hydrogens (tertiary/aromatic N) is 4. The van der Waals surface area contributed by atoms with Crippen LogP contribution in [0, 0.1) is 0 Å². The highest BCUT2D eigenvalue weighted by molar-refractivity contribution is 5.44. The van der Waals surface area contributed by atoms with E-state index in [1.165, 1.54) is 0 Å². The second-order valence-electron chi connectivity index (χ2n) is 3.59. The molecule has 0 aliphatic rings. The van der Waals surface area contributed by atoms with Gasteiger partial charge in [-0.3, -0.25) is 15.2 Å². The lowest BCUT2D eigenvalue weighted by Gasteiger charge is -2.15. The molecule has 7 nitrogen and oxygen atoms in total. The number of hydrogen-bond acceptors (Lipinski definition) is 5. The van der Waals surface area contributed by atoms with Crippen molar-refractivity contribution in [2.45, 2.75) is 6.04 Å². The Morgan fingerprint density at radius 1 is 1.31 bits per heavy atom. The highest BCUT2D eigenvalue weighted by atomic mass is 15.3. The van der Waals surface area contributed by atoms with Gasteiger partial charge < -0.3 is 5.73 Å². The number of nitrogens with one attached hydrogen (secondary N) is 1. The summed E-state index contributed by atoms with van der Waals surface area (Å²) in [7, 11) is 3.64. The summed E-state index contributed by atoms with van der Waals surface area (Å²) < 4.78 is 3.35. The maximum absolute atomic E-state index is 5.91. The van der Waals surface area contributed by atoms with Gasteiger partial charge >= 0.3 is 0 Å². The maximum Gasteiger partial charge on any atom is 0.126 e. The first kappa shape index (κ1) is 10.7. The van der Waals surface area contributed by atoms with Gasteiger partial charge in [0.1, 0.15) is 5.82 Å². The molecule has 0 aromatic carbocycles. The molecule has 0 aliphatic carbocycles. The fraction of sp³-hybridized carbons (Fsp3) is 0.333. The summed E-state index contributed by atoms with van der Waals surface area (Å²) in [5.74, 6) is 6.15. The van der Waals surface area contributed by atoms with Crippen molar-refractivity contribution in [3.63, 3.8) is 0 Å². The molecule has 0 radical (unpaired) electrons. The van der Waals surface area contributed by atoms with Gasteiger partial charge in [-0.05, 0) is 6.07 Å². The molecule has 0 bridgehead atoms. The normalized spacial score (nSPS) is 12.9. The smallest absolute Gasteiger partial charge is 0.126 e. The lowest BCUT2D eigenvalue weighted by molar-refractivity contribution is 0.576. The van der Waals surface area contributed by atoms with Gasteiger partial charge in [0, 0.05) is 25.9 Å². The summed E-state index contributed by atoms with van der Waals surface area (Å²) in [6.45, 7) is 0. The summed E-state index contributed by atoms with van der Waals surface area (Å²) in [5, 5.41) is 8.19. The molecule has 5 N–H and O–H groups in total. The number of nitrogens with two attached hydrogens (primary N) is 2. The third kappa shape index (κ3) is 1.55. The molecule has 0 spiro atoms. The fourth-order valence-electron chi connectivity index (χ4n) is 1.69. The van der Waals surface area contributed by atoms with E-state index in [1.807, 2.05) is 13.1 Å². The van der Waals surface area contributed by atoms with Crippen molar-refractivity contribution in [2.24, 2.45) is 19.9 Å². The lowest BCUT2D eigenvalue weighted by Crippen LogP contribution is -2.30. The summed E-state index contributed by atoms with van der Waals surface area (Å²) in [6, 6.07) is 1.68. The van der Waals surface area contributed by atoms with Gasteiger partial charge in [-0.2, -0.15) is 10.2 Å². The van der Waals surface area contributed by atoms with Crippen LogP contribution in [0.4, 0.5) is 5.82 Å². The Hall–Kier alpha value is -1.86. The van der Waals surface area contributed by atoms with E-state index in [4.69, 9.17) is 11.6 Å². The molecule has 0 saturated carbocycles. The van der Waals surface area contributed by atoms with Gasteiger partial charge in [-0.15, -0.1) is 0 Å². The van der Waals surface area contributed by atoms with Crippen LogP contribution in [0.1, 0.15) is 17.3 Å². The van der Waals surface area contributed by atoms with Crippen LogP contribution in [0.5, 0.6) is 0 Å². The SMILES string of the molecule is Cn1nccc1C(NN)c1cnn(C)c1N. The summed E-state index contributed by atoms with van der Waals surface area (Å²) in [4.78, 5) is 0. The first-order chi connectivity index (χ1) is 7.65. The van der Waals surface area contributed by atoms with Crippen LogP contribution >= 0.6 is 0 Å². The van der Waals surface area contributed by atoms with Gasteiger partial charge in [0.15, 0.2) is 0 Å². The Morgan fingerprint density at radius 2 is 2.06 bits per heavy atom. The van der Waals surface area contributed by atoms with E-state index in [-0.39, 0.29) is 6.04 Å². The van der Waals surface area contributed by atoms with Crippen molar-refractivity contribution in [3.05, 3.63) is 29.7 Å². The number of nitrogen functional groups attached to an aromatic ring is 1. The molecular weight excluding hydrogens is 206 g/mol. The Balaban J connectivity index is 2.45. The molecule has 86 valence electrons. The average molecular weight is 221 g/mol. The second kappa shape index (κ2) is 3.95. The summed E-state index contributed by atoms with van der Waals surface area (Å²) in [5.41, 5.74) is 10.4. The van der Waals surface area contributed by atoms with Gasteiger partial charge in [0.05, 0.1) is 17.9 Å². The molecule has 0 saturated heterocycles. The van der Waals surface area contributed by atoms with E-state index in [0.717, 1.165) is 11.3 Å². The van der Waals surface area contributed by atoms with Gasteiger partial charge in [-0.25, -0.2) is 5.43 Å². The summed E-state index contributed by atoms with van der Waals surface area (Å²) in [6.07, 6.45) is 3.42. The highest BCUT2D eigenvalue weighted by Crippen LogP contribution is 2.24. The second-order valence-corrected chi connectivity index (χ2v) is 3.59. The van der Waals surface area contributed by atoms with E-state index in [9.17, 15) is 0 Å². The van der Waals surface area contributed by atoms with Gasteiger partial charge in [0.2, 0.25) is 0 Å².